The zero-order valence-corrected chi connectivity index (χ0v) is 8.89. The standard InChI is InChI=1S/C11H11F3O2/c1-3-7-4-9(12)8(6(2)15)5-10(7)16-11(13)14/h4-5,11H,3H2,1-2H3. The third-order valence-electron chi connectivity index (χ3n) is 2.13. The Morgan fingerprint density at radius 1 is 1.44 bits per heavy atom. The number of ether oxygens (including phenoxy) is 1. The van der Waals surface area contributed by atoms with Crippen LogP contribution in [-0.4, -0.2) is 12.4 Å². The van der Waals surface area contributed by atoms with Gasteiger partial charge in [0.25, 0.3) is 0 Å². The molecule has 0 saturated carbocycles. The summed E-state index contributed by atoms with van der Waals surface area (Å²) in [5, 5.41) is 0. The largest absolute Gasteiger partial charge is 0.435 e. The molecular weight excluding hydrogens is 221 g/mol. The summed E-state index contributed by atoms with van der Waals surface area (Å²) in [6.07, 6.45) is 0.344. The second-order valence-electron chi connectivity index (χ2n) is 3.23. The molecule has 0 heterocycles. The average molecular weight is 232 g/mol. The summed E-state index contributed by atoms with van der Waals surface area (Å²) in [6, 6.07) is 2.07. The molecule has 0 aliphatic heterocycles. The zero-order valence-electron chi connectivity index (χ0n) is 8.89. The summed E-state index contributed by atoms with van der Waals surface area (Å²) in [5.41, 5.74) is 0.0654. The summed E-state index contributed by atoms with van der Waals surface area (Å²) in [6.45, 7) is -0.146. The van der Waals surface area contributed by atoms with E-state index in [1.165, 1.54) is 0 Å². The minimum absolute atomic E-state index is 0.149. The molecule has 0 saturated heterocycles. The molecule has 0 spiro atoms. The van der Waals surface area contributed by atoms with Crippen molar-refractivity contribution in [3.8, 4) is 5.75 Å². The summed E-state index contributed by atoms with van der Waals surface area (Å²) < 4.78 is 41.7. The zero-order chi connectivity index (χ0) is 12.3. The first-order valence-electron chi connectivity index (χ1n) is 4.73. The maximum Gasteiger partial charge on any atom is 0.387 e. The lowest BCUT2D eigenvalue weighted by molar-refractivity contribution is -0.0505. The van der Waals surface area contributed by atoms with Crippen LogP contribution in [0.4, 0.5) is 13.2 Å². The van der Waals surface area contributed by atoms with Crippen LogP contribution in [-0.2, 0) is 6.42 Å². The van der Waals surface area contributed by atoms with E-state index in [4.69, 9.17) is 0 Å². The van der Waals surface area contributed by atoms with Crippen molar-refractivity contribution >= 4 is 5.78 Å². The summed E-state index contributed by atoms with van der Waals surface area (Å²) in [4.78, 5) is 11.0. The van der Waals surface area contributed by atoms with Gasteiger partial charge in [0, 0.05) is 0 Å². The number of ketones is 1. The quantitative estimate of drug-likeness (QED) is 0.745. The predicted octanol–water partition coefficient (Wildman–Crippen LogP) is 3.19. The molecule has 0 fully saturated rings. The Hall–Kier alpha value is -1.52. The fourth-order valence-electron chi connectivity index (χ4n) is 1.35. The lowest BCUT2D eigenvalue weighted by Crippen LogP contribution is -2.07. The summed E-state index contributed by atoms with van der Waals surface area (Å²) in [7, 11) is 0. The topological polar surface area (TPSA) is 26.3 Å². The number of halogens is 3. The van der Waals surface area contributed by atoms with Crippen LogP contribution in [0.5, 0.6) is 5.75 Å². The number of benzene rings is 1. The molecule has 0 bridgehead atoms. The van der Waals surface area contributed by atoms with Crippen molar-refractivity contribution in [2.75, 3.05) is 0 Å². The van der Waals surface area contributed by atoms with E-state index in [0.717, 1.165) is 19.1 Å². The van der Waals surface area contributed by atoms with Gasteiger partial charge in [-0.3, -0.25) is 4.79 Å². The van der Waals surface area contributed by atoms with E-state index in [-0.39, 0.29) is 11.3 Å². The highest BCUT2D eigenvalue weighted by Crippen LogP contribution is 2.25. The van der Waals surface area contributed by atoms with Crippen LogP contribution < -0.4 is 4.74 Å². The molecule has 0 amide bonds. The molecular formula is C11H11F3O2. The number of rotatable bonds is 4. The van der Waals surface area contributed by atoms with Crippen LogP contribution >= 0.6 is 0 Å². The van der Waals surface area contributed by atoms with Crippen LogP contribution in [0.1, 0.15) is 29.8 Å². The van der Waals surface area contributed by atoms with E-state index >= 15 is 0 Å². The van der Waals surface area contributed by atoms with Crippen molar-refractivity contribution in [1.82, 2.24) is 0 Å². The molecule has 0 atom stereocenters. The van der Waals surface area contributed by atoms with Gasteiger partial charge in [0.1, 0.15) is 11.6 Å². The van der Waals surface area contributed by atoms with Crippen molar-refractivity contribution in [3.05, 3.63) is 29.1 Å². The molecule has 16 heavy (non-hydrogen) atoms. The first-order chi connectivity index (χ1) is 7.45. The van der Waals surface area contributed by atoms with Gasteiger partial charge >= 0.3 is 6.61 Å². The van der Waals surface area contributed by atoms with Gasteiger partial charge in [0.15, 0.2) is 5.78 Å². The Labute approximate surface area is 91.0 Å². The van der Waals surface area contributed by atoms with Crippen LogP contribution in [0.15, 0.2) is 12.1 Å². The first-order valence-corrected chi connectivity index (χ1v) is 4.73. The van der Waals surface area contributed by atoms with Gasteiger partial charge in [-0.1, -0.05) is 6.92 Å². The number of Topliss-reactive ketones (excluding diaryl/α,β-unsaturated/α-hetero) is 1. The van der Waals surface area contributed by atoms with Crippen LogP contribution in [0, 0.1) is 5.82 Å². The normalized spacial score (nSPS) is 10.6. The molecule has 0 N–H and O–H groups in total. The number of alkyl halides is 2. The van der Waals surface area contributed by atoms with Crippen LogP contribution in [0.25, 0.3) is 0 Å². The average Bonchev–Trinajstić information content (AvgIpc) is 2.18. The Morgan fingerprint density at radius 3 is 2.50 bits per heavy atom. The van der Waals surface area contributed by atoms with Crippen molar-refractivity contribution in [1.29, 1.82) is 0 Å². The van der Waals surface area contributed by atoms with Crippen molar-refractivity contribution < 1.29 is 22.7 Å². The maximum absolute atomic E-state index is 13.3. The van der Waals surface area contributed by atoms with E-state index in [9.17, 15) is 18.0 Å². The van der Waals surface area contributed by atoms with Gasteiger partial charge in [0.2, 0.25) is 0 Å². The SMILES string of the molecule is CCc1cc(F)c(C(C)=O)cc1OC(F)F. The molecule has 1 rings (SSSR count). The van der Waals surface area contributed by atoms with Crippen molar-refractivity contribution in [3.63, 3.8) is 0 Å². The molecule has 0 radical (unpaired) electrons. The third kappa shape index (κ3) is 2.74. The first kappa shape index (κ1) is 12.5. The van der Waals surface area contributed by atoms with Gasteiger partial charge in [0.05, 0.1) is 5.56 Å². The molecule has 0 unspecified atom stereocenters. The van der Waals surface area contributed by atoms with Gasteiger partial charge in [-0.2, -0.15) is 8.78 Å². The monoisotopic (exact) mass is 232 g/mol. The number of carbonyl (C=O) groups is 1. The Kier molecular flexibility index (Phi) is 3.93. The second-order valence-corrected chi connectivity index (χ2v) is 3.23. The van der Waals surface area contributed by atoms with E-state index < -0.39 is 18.2 Å². The van der Waals surface area contributed by atoms with E-state index in [1.54, 1.807) is 6.92 Å². The van der Waals surface area contributed by atoms with Gasteiger partial charge in [-0.15, -0.1) is 0 Å². The van der Waals surface area contributed by atoms with Gasteiger partial charge in [-0.25, -0.2) is 4.39 Å². The molecule has 0 aliphatic carbocycles. The van der Waals surface area contributed by atoms with Crippen molar-refractivity contribution in [2.24, 2.45) is 0 Å². The highest BCUT2D eigenvalue weighted by molar-refractivity contribution is 5.94. The molecule has 1 aromatic carbocycles. The van der Waals surface area contributed by atoms with Crippen LogP contribution in [0.2, 0.25) is 0 Å². The van der Waals surface area contributed by atoms with E-state index in [0.29, 0.717) is 12.0 Å². The molecule has 1 aromatic rings. The van der Waals surface area contributed by atoms with E-state index in [2.05, 4.69) is 4.74 Å². The predicted molar refractivity (Wildman–Crippen MR) is 52.4 cm³/mol. The lowest BCUT2D eigenvalue weighted by atomic mass is 10.1. The minimum atomic E-state index is -2.99. The maximum atomic E-state index is 13.3. The molecule has 2 nitrogen and oxygen atoms in total. The number of hydrogen-bond acceptors (Lipinski definition) is 2. The Morgan fingerprint density at radius 2 is 2.06 bits per heavy atom. The molecule has 0 aromatic heterocycles. The summed E-state index contributed by atoms with van der Waals surface area (Å²) in [5.74, 6) is -1.39. The fraction of sp³-hybridized carbons (Fsp3) is 0.364. The smallest absolute Gasteiger partial charge is 0.387 e. The second kappa shape index (κ2) is 5.01. The number of hydrogen-bond donors (Lipinski definition) is 0. The molecule has 88 valence electrons. The van der Waals surface area contributed by atoms with Gasteiger partial charge in [-0.05, 0) is 31.0 Å². The van der Waals surface area contributed by atoms with Crippen molar-refractivity contribution in [2.45, 2.75) is 26.9 Å². The van der Waals surface area contributed by atoms with E-state index in [1.807, 2.05) is 0 Å². The highest BCUT2D eigenvalue weighted by Gasteiger charge is 2.15. The Balaban J connectivity index is 3.23. The summed E-state index contributed by atoms with van der Waals surface area (Å²) >= 11 is 0. The van der Waals surface area contributed by atoms with Gasteiger partial charge < -0.3 is 4.74 Å². The molecule has 5 heteroatoms. The van der Waals surface area contributed by atoms with Crippen LogP contribution in [0.3, 0.4) is 0 Å². The third-order valence-corrected chi connectivity index (χ3v) is 2.13. The number of aryl methyl sites for hydroxylation is 1. The minimum Gasteiger partial charge on any atom is -0.435 e. The molecule has 0 aliphatic rings. The lowest BCUT2D eigenvalue weighted by Gasteiger charge is -2.11. The highest BCUT2D eigenvalue weighted by atomic mass is 19.3. The fourth-order valence-corrected chi connectivity index (χ4v) is 1.35. The number of carbonyl (C=O) groups excluding carboxylic acids is 1. The Bertz CT molecular complexity index is 402.